The molecule has 0 bridgehead atoms. The lowest BCUT2D eigenvalue weighted by atomic mass is 10.8. The number of ether oxygens (including phenoxy) is 2. The fraction of sp³-hybridized carbons (Fsp3) is 1.00. The summed E-state index contributed by atoms with van der Waals surface area (Å²) in [5.41, 5.74) is 0. The Balaban J connectivity index is 0. The molecule has 0 aliphatic carbocycles. The molecule has 0 amide bonds. The van der Waals surface area contributed by atoms with Crippen LogP contribution in [0.4, 0.5) is 13.2 Å². The highest BCUT2D eigenvalue weighted by Crippen LogP contribution is 1.71. The van der Waals surface area contributed by atoms with E-state index in [1.54, 1.807) is 0 Å². The van der Waals surface area contributed by atoms with Crippen LogP contribution in [0.3, 0.4) is 0 Å². The summed E-state index contributed by atoms with van der Waals surface area (Å²) in [5, 5.41) is 0. The summed E-state index contributed by atoms with van der Waals surface area (Å²) >= 11 is 0. The second kappa shape index (κ2) is 15.9. The first-order valence-electron chi connectivity index (χ1n) is 2.58. The molecule has 0 aromatic carbocycles. The molecule has 0 atom stereocenters. The molecule has 0 N–H and O–H groups in total. The van der Waals surface area contributed by atoms with Gasteiger partial charge in [0.1, 0.15) is 6.67 Å². The second-order valence-electron chi connectivity index (χ2n) is 1.10. The van der Waals surface area contributed by atoms with E-state index in [1.165, 1.54) is 7.11 Å². The first-order chi connectivity index (χ1) is 4.83. The molecule has 10 heavy (non-hydrogen) atoms. The lowest BCUT2D eigenvalue weighted by Gasteiger charge is -1.82. The summed E-state index contributed by atoms with van der Waals surface area (Å²) in [6, 6.07) is 0. The highest BCUT2D eigenvalue weighted by Gasteiger charge is 1.71. The number of methoxy groups -OCH3 is 1. The summed E-state index contributed by atoms with van der Waals surface area (Å²) in [5.74, 6) is 0. The van der Waals surface area contributed by atoms with Crippen LogP contribution >= 0.6 is 0 Å². The smallest absolute Gasteiger partial charge is 0.191 e. The van der Waals surface area contributed by atoms with Crippen molar-refractivity contribution in [3.05, 3.63) is 0 Å². The molecule has 0 aromatic heterocycles. The van der Waals surface area contributed by atoms with Crippen molar-refractivity contribution in [2.24, 2.45) is 0 Å². The molecule has 0 heterocycles. The Morgan fingerprint density at radius 2 is 1.60 bits per heavy atom. The van der Waals surface area contributed by atoms with E-state index in [0.29, 0.717) is 0 Å². The van der Waals surface area contributed by atoms with Crippen molar-refractivity contribution in [1.82, 2.24) is 0 Å². The average Bonchev–Trinajstić information content (AvgIpc) is 1.93. The van der Waals surface area contributed by atoms with E-state index in [2.05, 4.69) is 9.47 Å². The van der Waals surface area contributed by atoms with E-state index in [0.717, 1.165) is 0 Å². The van der Waals surface area contributed by atoms with Gasteiger partial charge in [0.15, 0.2) is 13.7 Å². The summed E-state index contributed by atoms with van der Waals surface area (Å²) < 4.78 is 39.7. The molecule has 2 nitrogen and oxygen atoms in total. The molecule has 0 saturated heterocycles. The minimum Gasteiger partial charge on any atom is -0.382 e. The topological polar surface area (TPSA) is 18.5 Å². The third kappa shape index (κ3) is 25.2. The van der Waals surface area contributed by atoms with Crippen LogP contribution in [-0.2, 0) is 9.47 Å². The van der Waals surface area contributed by atoms with E-state index >= 15 is 0 Å². The maximum absolute atomic E-state index is 10.9. The van der Waals surface area contributed by atoms with E-state index in [1.807, 2.05) is 0 Å². The van der Waals surface area contributed by atoms with Crippen LogP contribution in [0.15, 0.2) is 0 Å². The zero-order chi connectivity index (χ0) is 8.24. The van der Waals surface area contributed by atoms with Crippen LogP contribution in [0, 0.1) is 0 Å². The van der Waals surface area contributed by atoms with Gasteiger partial charge < -0.3 is 9.47 Å². The van der Waals surface area contributed by atoms with Gasteiger partial charge in [-0.15, -0.1) is 0 Å². The SMILES string of the molecule is COCCF.FCOCF. The molecule has 0 saturated carbocycles. The van der Waals surface area contributed by atoms with Gasteiger partial charge in [0.2, 0.25) is 0 Å². The van der Waals surface area contributed by atoms with Crippen molar-refractivity contribution < 1.29 is 22.6 Å². The zero-order valence-corrected chi connectivity index (χ0v) is 5.78. The van der Waals surface area contributed by atoms with Gasteiger partial charge in [-0.2, -0.15) is 0 Å². The molecule has 0 aliphatic rings. The first kappa shape index (κ1) is 12.4. The monoisotopic (exact) mass is 160 g/mol. The molecular formula is C5H11F3O2. The third-order valence-corrected chi connectivity index (χ3v) is 0.436. The van der Waals surface area contributed by atoms with Crippen LogP contribution < -0.4 is 0 Å². The lowest BCUT2D eigenvalue weighted by Crippen LogP contribution is -1.86. The Hall–Kier alpha value is -0.290. The summed E-state index contributed by atoms with van der Waals surface area (Å²) in [4.78, 5) is 0. The van der Waals surface area contributed by atoms with Gasteiger partial charge in [-0.3, -0.25) is 0 Å². The third-order valence-electron chi connectivity index (χ3n) is 0.436. The summed E-state index contributed by atoms with van der Waals surface area (Å²) in [6.07, 6.45) is 0. The molecule has 5 heteroatoms. The minimum atomic E-state index is -1.03. The summed E-state index contributed by atoms with van der Waals surface area (Å²) in [6.45, 7) is -2.22. The molecule has 0 radical (unpaired) electrons. The first-order valence-corrected chi connectivity index (χ1v) is 2.58. The van der Waals surface area contributed by atoms with E-state index in [9.17, 15) is 13.2 Å². The van der Waals surface area contributed by atoms with Crippen LogP contribution in [0.1, 0.15) is 0 Å². The fourth-order valence-corrected chi connectivity index (χ4v) is 0.106. The minimum absolute atomic E-state index is 0.222. The Bertz CT molecular complexity index is 35.9. The maximum atomic E-state index is 10.9. The highest BCUT2D eigenvalue weighted by molar-refractivity contribution is 4.14. The number of hydrogen-bond acceptors (Lipinski definition) is 2. The predicted molar refractivity (Wildman–Crippen MR) is 30.9 cm³/mol. The van der Waals surface area contributed by atoms with Gasteiger partial charge in [-0.05, 0) is 0 Å². The molecule has 64 valence electrons. The van der Waals surface area contributed by atoms with Crippen LogP contribution in [0.5, 0.6) is 0 Å². The largest absolute Gasteiger partial charge is 0.382 e. The van der Waals surface area contributed by atoms with Crippen molar-refractivity contribution in [3.63, 3.8) is 0 Å². The number of rotatable bonds is 4. The quantitative estimate of drug-likeness (QED) is 0.619. The lowest BCUT2D eigenvalue weighted by molar-refractivity contribution is 0.00298. The molecule has 0 rings (SSSR count). The normalized spacial score (nSPS) is 8.40. The molecule has 0 spiro atoms. The van der Waals surface area contributed by atoms with Crippen molar-refractivity contribution in [2.75, 3.05) is 34.1 Å². The summed E-state index contributed by atoms with van der Waals surface area (Å²) in [7, 11) is 1.47. The number of halogens is 3. The number of hydrogen-bond donors (Lipinski definition) is 0. The Morgan fingerprint density at radius 3 is 1.60 bits per heavy atom. The van der Waals surface area contributed by atoms with Crippen molar-refractivity contribution in [1.29, 1.82) is 0 Å². The van der Waals surface area contributed by atoms with Gasteiger partial charge in [-0.1, -0.05) is 0 Å². The van der Waals surface area contributed by atoms with E-state index < -0.39 is 13.7 Å². The highest BCUT2D eigenvalue weighted by atomic mass is 19.2. The average molecular weight is 160 g/mol. The Kier molecular flexibility index (Phi) is 19.7. The molecule has 0 fully saturated rings. The van der Waals surface area contributed by atoms with Crippen LogP contribution in [0.25, 0.3) is 0 Å². The predicted octanol–water partition coefficient (Wildman–Crippen LogP) is 1.46. The van der Waals surface area contributed by atoms with Crippen molar-refractivity contribution in [3.8, 4) is 0 Å². The molecule has 0 aliphatic heterocycles. The van der Waals surface area contributed by atoms with Gasteiger partial charge in [-0.25, -0.2) is 13.2 Å². The van der Waals surface area contributed by atoms with Gasteiger partial charge in [0.05, 0.1) is 6.61 Å². The van der Waals surface area contributed by atoms with Gasteiger partial charge >= 0.3 is 0 Å². The maximum Gasteiger partial charge on any atom is 0.191 e. The second-order valence-corrected chi connectivity index (χ2v) is 1.10. The number of alkyl halides is 3. The Morgan fingerprint density at radius 1 is 1.10 bits per heavy atom. The zero-order valence-electron chi connectivity index (χ0n) is 5.78. The molecule has 0 aromatic rings. The van der Waals surface area contributed by atoms with Crippen LogP contribution in [-0.4, -0.2) is 34.1 Å². The fourth-order valence-electron chi connectivity index (χ4n) is 0.106. The molecular weight excluding hydrogens is 149 g/mol. The molecule has 0 unspecified atom stereocenters. The van der Waals surface area contributed by atoms with Crippen molar-refractivity contribution in [2.45, 2.75) is 0 Å². The van der Waals surface area contributed by atoms with Gasteiger partial charge in [0.25, 0.3) is 0 Å². The van der Waals surface area contributed by atoms with Crippen molar-refractivity contribution >= 4 is 0 Å². The van der Waals surface area contributed by atoms with E-state index in [4.69, 9.17) is 0 Å². The van der Waals surface area contributed by atoms with Crippen LogP contribution in [0.2, 0.25) is 0 Å². The van der Waals surface area contributed by atoms with E-state index in [-0.39, 0.29) is 13.3 Å². The Labute approximate surface area is 57.9 Å². The van der Waals surface area contributed by atoms with Gasteiger partial charge in [0, 0.05) is 7.11 Å². The standard InChI is InChI=1S/C3H7FO.C2H4F2O/c1-5-3-2-4;3-1-5-2-4/h2-3H2,1H3;1-2H2.